The predicted molar refractivity (Wildman–Crippen MR) is 74.5 cm³/mol. The largest absolute Gasteiger partial charge is 0.320 e. The molecule has 1 aromatic carbocycles. The van der Waals surface area contributed by atoms with Gasteiger partial charge in [-0.25, -0.2) is 0 Å². The van der Waals surface area contributed by atoms with Crippen LogP contribution in [0.2, 0.25) is 10.0 Å². The highest BCUT2D eigenvalue weighted by atomic mass is 79.9. The molecule has 0 saturated heterocycles. The van der Waals surface area contributed by atoms with Crippen molar-refractivity contribution in [3.05, 3.63) is 54.6 Å². The van der Waals surface area contributed by atoms with E-state index in [1.54, 1.807) is 17.4 Å². The minimum absolute atomic E-state index is 0.234. The van der Waals surface area contributed by atoms with Crippen LogP contribution in [0.5, 0.6) is 0 Å². The summed E-state index contributed by atoms with van der Waals surface area (Å²) in [5.41, 5.74) is 7.00. The standard InChI is InChI=1S/C11H8BrCl2NS/c12-6-4-9(16-5-6)11(15)7-2-1-3-8(13)10(7)14/h1-5,11H,15H2. The molecule has 2 aromatic rings. The summed E-state index contributed by atoms with van der Waals surface area (Å²) in [6.45, 7) is 0. The molecule has 0 saturated carbocycles. The lowest BCUT2D eigenvalue weighted by Gasteiger charge is -2.12. The van der Waals surface area contributed by atoms with Crippen LogP contribution in [0.1, 0.15) is 16.5 Å². The first-order valence-electron chi connectivity index (χ1n) is 4.53. The van der Waals surface area contributed by atoms with Gasteiger partial charge in [0.2, 0.25) is 0 Å². The number of hydrogen-bond donors (Lipinski definition) is 1. The van der Waals surface area contributed by atoms with E-state index in [2.05, 4.69) is 15.9 Å². The molecule has 2 rings (SSSR count). The lowest BCUT2D eigenvalue weighted by molar-refractivity contribution is 0.893. The third-order valence-electron chi connectivity index (χ3n) is 2.21. The molecule has 2 N–H and O–H groups in total. The van der Waals surface area contributed by atoms with Crippen molar-refractivity contribution < 1.29 is 0 Å². The fourth-order valence-electron chi connectivity index (χ4n) is 1.41. The molecule has 0 aliphatic heterocycles. The van der Waals surface area contributed by atoms with Crippen molar-refractivity contribution in [1.82, 2.24) is 0 Å². The first kappa shape index (κ1) is 12.4. The van der Waals surface area contributed by atoms with E-state index in [0.717, 1.165) is 14.9 Å². The van der Waals surface area contributed by atoms with Crippen molar-refractivity contribution in [2.75, 3.05) is 0 Å². The van der Waals surface area contributed by atoms with E-state index >= 15 is 0 Å². The lowest BCUT2D eigenvalue weighted by Crippen LogP contribution is -2.10. The van der Waals surface area contributed by atoms with Crippen LogP contribution in [0.25, 0.3) is 0 Å². The average Bonchev–Trinajstić information content (AvgIpc) is 2.68. The van der Waals surface area contributed by atoms with Crippen LogP contribution in [0.4, 0.5) is 0 Å². The summed E-state index contributed by atoms with van der Waals surface area (Å²) in [6, 6.07) is 7.26. The van der Waals surface area contributed by atoms with Crippen molar-refractivity contribution >= 4 is 50.5 Å². The van der Waals surface area contributed by atoms with Crippen LogP contribution in [-0.4, -0.2) is 0 Å². The molecule has 16 heavy (non-hydrogen) atoms. The third-order valence-corrected chi connectivity index (χ3v) is 4.82. The summed E-state index contributed by atoms with van der Waals surface area (Å²) < 4.78 is 1.03. The van der Waals surface area contributed by atoms with Crippen molar-refractivity contribution in [1.29, 1.82) is 0 Å². The van der Waals surface area contributed by atoms with Crippen molar-refractivity contribution in [3.8, 4) is 0 Å². The number of rotatable bonds is 2. The van der Waals surface area contributed by atoms with Gasteiger partial charge in [0.25, 0.3) is 0 Å². The molecule has 1 heterocycles. The van der Waals surface area contributed by atoms with Gasteiger partial charge in [0, 0.05) is 14.7 Å². The maximum absolute atomic E-state index is 6.15. The highest BCUT2D eigenvalue weighted by Gasteiger charge is 2.15. The Morgan fingerprint density at radius 2 is 2.06 bits per heavy atom. The van der Waals surface area contributed by atoms with Crippen LogP contribution in [0, 0.1) is 0 Å². The number of benzene rings is 1. The quantitative estimate of drug-likeness (QED) is 0.832. The fourth-order valence-corrected chi connectivity index (χ4v) is 3.29. The van der Waals surface area contributed by atoms with Gasteiger partial charge in [0.15, 0.2) is 0 Å². The van der Waals surface area contributed by atoms with Crippen LogP contribution in [0.15, 0.2) is 34.1 Å². The fraction of sp³-hybridized carbons (Fsp3) is 0.0909. The van der Waals surface area contributed by atoms with Crippen LogP contribution in [-0.2, 0) is 0 Å². The van der Waals surface area contributed by atoms with Gasteiger partial charge in [0.1, 0.15) is 0 Å². The Hall–Kier alpha value is -0.0600. The molecule has 0 aliphatic carbocycles. The molecule has 1 nitrogen and oxygen atoms in total. The highest BCUT2D eigenvalue weighted by Crippen LogP contribution is 2.34. The monoisotopic (exact) mass is 335 g/mol. The molecule has 1 aromatic heterocycles. The van der Waals surface area contributed by atoms with Crippen molar-refractivity contribution in [2.45, 2.75) is 6.04 Å². The summed E-state index contributed by atoms with van der Waals surface area (Å²) in [5, 5.41) is 3.06. The predicted octanol–water partition coefficient (Wildman–Crippen LogP) is 4.87. The second-order valence-corrected chi connectivity index (χ2v) is 5.93. The minimum Gasteiger partial charge on any atom is -0.320 e. The normalized spacial score (nSPS) is 12.8. The number of thiophene rings is 1. The molecule has 84 valence electrons. The lowest BCUT2D eigenvalue weighted by atomic mass is 10.1. The van der Waals surface area contributed by atoms with E-state index in [1.165, 1.54) is 0 Å². The molecule has 0 fully saturated rings. The summed E-state index contributed by atoms with van der Waals surface area (Å²) in [4.78, 5) is 1.05. The van der Waals surface area contributed by atoms with E-state index in [0.29, 0.717) is 10.0 Å². The van der Waals surface area contributed by atoms with Gasteiger partial charge in [-0.15, -0.1) is 11.3 Å². The number of hydrogen-bond acceptors (Lipinski definition) is 2. The van der Waals surface area contributed by atoms with E-state index in [1.807, 2.05) is 23.6 Å². The second-order valence-electron chi connectivity index (χ2n) is 3.29. The highest BCUT2D eigenvalue weighted by molar-refractivity contribution is 9.10. The zero-order valence-electron chi connectivity index (χ0n) is 8.08. The molecular weight excluding hydrogens is 329 g/mol. The molecule has 0 aliphatic rings. The minimum atomic E-state index is -0.234. The maximum atomic E-state index is 6.15. The molecular formula is C11H8BrCl2NS. The maximum Gasteiger partial charge on any atom is 0.0661 e. The van der Waals surface area contributed by atoms with E-state index in [4.69, 9.17) is 28.9 Å². The Morgan fingerprint density at radius 1 is 1.31 bits per heavy atom. The molecule has 0 amide bonds. The molecule has 0 bridgehead atoms. The smallest absolute Gasteiger partial charge is 0.0661 e. The third kappa shape index (κ3) is 2.44. The van der Waals surface area contributed by atoms with E-state index < -0.39 is 0 Å². The Kier molecular flexibility index (Phi) is 3.93. The SMILES string of the molecule is NC(c1cc(Br)cs1)c1cccc(Cl)c1Cl. The van der Waals surface area contributed by atoms with Gasteiger partial charge >= 0.3 is 0 Å². The first-order chi connectivity index (χ1) is 7.59. The zero-order chi connectivity index (χ0) is 11.7. The molecule has 1 unspecified atom stereocenters. The molecule has 0 radical (unpaired) electrons. The van der Waals surface area contributed by atoms with Crippen LogP contribution in [0.3, 0.4) is 0 Å². The molecule has 0 spiro atoms. The Morgan fingerprint density at radius 3 is 2.69 bits per heavy atom. The topological polar surface area (TPSA) is 26.0 Å². The van der Waals surface area contributed by atoms with Gasteiger partial charge in [-0.1, -0.05) is 35.3 Å². The van der Waals surface area contributed by atoms with Crippen molar-refractivity contribution in [2.24, 2.45) is 5.73 Å². The summed E-state index contributed by atoms with van der Waals surface area (Å²) in [7, 11) is 0. The average molecular weight is 337 g/mol. The molecule has 1 atom stereocenters. The van der Waals surface area contributed by atoms with Crippen molar-refractivity contribution in [3.63, 3.8) is 0 Å². The number of halogens is 3. The van der Waals surface area contributed by atoms with Gasteiger partial charge in [-0.3, -0.25) is 0 Å². The Balaban J connectivity index is 2.41. The van der Waals surface area contributed by atoms with Gasteiger partial charge in [-0.05, 0) is 33.6 Å². The van der Waals surface area contributed by atoms with E-state index in [-0.39, 0.29) is 6.04 Å². The first-order valence-corrected chi connectivity index (χ1v) is 6.96. The Labute approximate surface area is 116 Å². The Bertz CT molecular complexity index is 512. The van der Waals surface area contributed by atoms with Gasteiger partial charge < -0.3 is 5.73 Å². The summed E-state index contributed by atoms with van der Waals surface area (Å²) >= 11 is 17.1. The number of nitrogens with two attached hydrogens (primary N) is 1. The summed E-state index contributed by atoms with van der Waals surface area (Å²) in [5.74, 6) is 0. The second kappa shape index (κ2) is 5.07. The van der Waals surface area contributed by atoms with Gasteiger partial charge in [0.05, 0.1) is 16.1 Å². The van der Waals surface area contributed by atoms with Crippen LogP contribution < -0.4 is 5.73 Å². The molecule has 5 heteroatoms. The van der Waals surface area contributed by atoms with Gasteiger partial charge in [-0.2, -0.15) is 0 Å². The zero-order valence-corrected chi connectivity index (χ0v) is 12.0. The van der Waals surface area contributed by atoms with Crippen LogP contribution >= 0.6 is 50.5 Å². The van der Waals surface area contributed by atoms with E-state index in [9.17, 15) is 0 Å². The summed E-state index contributed by atoms with van der Waals surface area (Å²) in [6.07, 6.45) is 0.